The number of hydrogen-bond donors (Lipinski definition) is 1. The Hall–Kier alpha value is -3.49. The predicted octanol–water partition coefficient (Wildman–Crippen LogP) is 2.39. The molecule has 2 heterocycles. The maximum atomic E-state index is 12.1. The van der Waals surface area contributed by atoms with E-state index in [0.717, 1.165) is 5.56 Å². The van der Waals surface area contributed by atoms with E-state index in [2.05, 4.69) is 20.7 Å². The number of aromatic nitrogens is 3. The largest absolute Gasteiger partial charge is 0.452 e. The third-order valence-electron chi connectivity index (χ3n) is 3.50. The zero-order valence-electron chi connectivity index (χ0n) is 14.2. The van der Waals surface area contributed by atoms with Gasteiger partial charge in [0.1, 0.15) is 11.3 Å². The van der Waals surface area contributed by atoms with Gasteiger partial charge in [-0.25, -0.2) is 4.79 Å². The molecule has 3 aromatic rings. The Labute approximate surface area is 148 Å². The van der Waals surface area contributed by atoms with Crippen LogP contribution in [-0.2, 0) is 16.0 Å². The minimum atomic E-state index is -0.675. The maximum Gasteiger partial charge on any atom is 0.344 e. The lowest BCUT2D eigenvalue weighted by molar-refractivity contribution is -0.119. The molecule has 0 aliphatic rings. The van der Waals surface area contributed by atoms with E-state index in [0.29, 0.717) is 17.9 Å². The summed E-state index contributed by atoms with van der Waals surface area (Å²) < 4.78 is 15.3. The van der Waals surface area contributed by atoms with Gasteiger partial charge >= 0.3 is 12.0 Å². The van der Waals surface area contributed by atoms with Gasteiger partial charge in [0.25, 0.3) is 5.91 Å². The van der Waals surface area contributed by atoms with E-state index < -0.39 is 18.5 Å². The van der Waals surface area contributed by atoms with Crippen LogP contribution >= 0.6 is 0 Å². The van der Waals surface area contributed by atoms with Crippen molar-refractivity contribution in [1.29, 1.82) is 0 Å². The summed E-state index contributed by atoms with van der Waals surface area (Å²) in [5, 5.41) is 13.7. The summed E-state index contributed by atoms with van der Waals surface area (Å²) in [6, 6.07) is 9.03. The number of rotatable bonds is 6. The molecule has 1 amide bonds. The molecule has 3 rings (SSSR count). The zero-order chi connectivity index (χ0) is 18.5. The Morgan fingerprint density at radius 1 is 1.19 bits per heavy atom. The van der Waals surface area contributed by atoms with Crippen LogP contribution in [0.4, 0.5) is 6.01 Å². The summed E-state index contributed by atoms with van der Waals surface area (Å²) in [6.45, 7) is 2.93. The van der Waals surface area contributed by atoms with Crippen molar-refractivity contribution in [3.63, 3.8) is 0 Å². The second-order valence-corrected chi connectivity index (χ2v) is 5.32. The topological polar surface area (TPSA) is 120 Å². The summed E-state index contributed by atoms with van der Waals surface area (Å²) in [7, 11) is 0. The summed E-state index contributed by atoms with van der Waals surface area (Å²) >= 11 is 0. The quantitative estimate of drug-likeness (QED) is 0.668. The number of carbonyl (C=O) groups excluding carboxylic acids is 2. The maximum absolute atomic E-state index is 12.1. The van der Waals surface area contributed by atoms with Crippen LogP contribution in [0.25, 0.3) is 11.5 Å². The molecule has 26 heavy (non-hydrogen) atoms. The highest BCUT2D eigenvalue weighted by molar-refractivity contribution is 5.95. The SMILES string of the molecule is CCc1noc(C)c1C(=O)OCC(=O)Nc1nnc(-c2ccccc2)o1. The van der Waals surface area contributed by atoms with Crippen LogP contribution in [-0.4, -0.2) is 33.8 Å². The van der Waals surface area contributed by atoms with E-state index in [1.807, 2.05) is 25.1 Å². The average Bonchev–Trinajstić information content (AvgIpc) is 3.27. The average molecular weight is 356 g/mol. The van der Waals surface area contributed by atoms with Crippen LogP contribution < -0.4 is 5.32 Å². The summed E-state index contributed by atoms with van der Waals surface area (Å²) in [5.41, 5.74) is 1.45. The Morgan fingerprint density at radius 2 is 1.96 bits per heavy atom. The highest BCUT2D eigenvalue weighted by atomic mass is 16.5. The first-order valence-electron chi connectivity index (χ1n) is 7.89. The minimum absolute atomic E-state index is 0.0830. The standard InChI is InChI=1S/C17H16N4O5/c1-3-12-14(10(2)26-21-12)16(23)24-9-13(22)18-17-20-19-15(25-17)11-7-5-4-6-8-11/h4-8H,3,9H2,1-2H3,(H,18,20,22). The van der Waals surface area contributed by atoms with Crippen LogP contribution in [0.15, 0.2) is 39.3 Å². The van der Waals surface area contributed by atoms with E-state index in [4.69, 9.17) is 13.7 Å². The lowest BCUT2D eigenvalue weighted by Gasteiger charge is -2.04. The van der Waals surface area contributed by atoms with Crippen molar-refractivity contribution in [2.45, 2.75) is 20.3 Å². The first-order chi connectivity index (χ1) is 12.6. The Bertz CT molecular complexity index is 916. The fourth-order valence-corrected chi connectivity index (χ4v) is 2.25. The molecule has 0 saturated carbocycles. The smallest absolute Gasteiger partial charge is 0.344 e. The van der Waals surface area contributed by atoms with Crippen molar-refractivity contribution in [1.82, 2.24) is 15.4 Å². The van der Waals surface area contributed by atoms with Gasteiger partial charge in [0.15, 0.2) is 6.61 Å². The van der Waals surface area contributed by atoms with Gasteiger partial charge in [-0.1, -0.05) is 35.4 Å². The first kappa shape index (κ1) is 17.3. The number of hydrogen-bond acceptors (Lipinski definition) is 8. The van der Waals surface area contributed by atoms with Crippen molar-refractivity contribution >= 4 is 17.9 Å². The van der Waals surface area contributed by atoms with Crippen LogP contribution in [0.1, 0.15) is 28.7 Å². The molecule has 0 radical (unpaired) electrons. The Kier molecular flexibility index (Phi) is 5.07. The number of esters is 1. The molecule has 134 valence electrons. The second kappa shape index (κ2) is 7.60. The van der Waals surface area contributed by atoms with E-state index in [-0.39, 0.29) is 17.5 Å². The molecule has 0 aliphatic heterocycles. The Balaban J connectivity index is 1.57. The van der Waals surface area contributed by atoms with E-state index in [1.165, 1.54) is 0 Å². The molecule has 2 aromatic heterocycles. The van der Waals surface area contributed by atoms with Gasteiger partial charge in [-0.3, -0.25) is 10.1 Å². The molecule has 0 fully saturated rings. The summed E-state index contributed by atoms with van der Waals surface area (Å²) in [4.78, 5) is 24.0. The van der Waals surface area contributed by atoms with Crippen molar-refractivity contribution in [2.75, 3.05) is 11.9 Å². The monoisotopic (exact) mass is 356 g/mol. The number of anilines is 1. The van der Waals surface area contributed by atoms with E-state index in [9.17, 15) is 9.59 Å². The van der Waals surface area contributed by atoms with Gasteiger partial charge in [0, 0.05) is 5.56 Å². The predicted molar refractivity (Wildman–Crippen MR) is 89.3 cm³/mol. The number of aryl methyl sites for hydroxylation is 2. The van der Waals surface area contributed by atoms with E-state index >= 15 is 0 Å². The Morgan fingerprint density at radius 3 is 2.69 bits per heavy atom. The van der Waals surface area contributed by atoms with Gasteiger partial charge in [-0.15, -0.1) is 5.10 Å². The summed E-state index contributed by atoms with van der Waals surface area (Å²) in [5.74, 6) is -0.665. The van der Waals surface area contributed by atoms with Crippen LogP contribution in [0.2, 0.25) is 0 Å². The second-order valence-electron chi connectivity index (χ2n) is 5.32. The van der Waals surface area contributed by atoms with Gasteiger partial charge in [-0.05, 0) is 25.5 Å². The summed E-state index contributed by atoms with van der Waals surface area (Å²) in [6.07, 6.45) is 0.512. The van der Waals surface area contributed by atoms with Crippen molar-refractivity contribution < 1.29 is 23.3 Å². The van der Waals surface area contributed by atoms with Gasteiger partial charge in [0.05, 0.1) is 5.69 Å². The first-order valence-corrected chi connectivity index (χ1v) is 7.89. The molecule has 0 spiro atoms. The molecule has 0 saturated heterocycles. The fraction of sp³-hybridized carbons (Fsp3) is 0.235. The highest BCUT2D eigenvalue weighted by Crippen LogP contribution is 2.19. The lowest BCUT2D eigenvalue weighted by atomic mass is 10.1. The van der Waals surface area contributed by atoms with Crippen molar-refractivity contribution in [3.8, 4) is 11.5 Å². The van der Waals surface area contributed by atoms with Crippen LogP contribution in [0, 0.1) is 6.92 Å². The molecule has 0 bridgehead atoms. The number of nitrogens with one attached hydrogen (secondary N) is 1. The number of benzene rings is 1. The fourth-order valence-electron chi connectivity index (χ4n) is 2.25. The van der Waals surface area contributed by atoms with Gasteiger partial charge in [0.2, 0.25) is 5.89 Å². The lowest BCUT2D eigenvalue weighted by Crippen LogP contribution is -2.21. The molecule has 0 atom stereocenters. The number of amides is 1. The molecule has 9 heteroatoms. The van der Waals surface area contributed by atoms with Gasteiger partial charge in [-0.2, -0.15) is 0 Å². The third-order valence-corrected chi connectivity index (χ3v) is 3.50. The molecule has 0 aliphatic carbocycles. The number of carbonyl (C=O) groups is 2. The molecule has 1 aromatic carbocycles. The van der Waals surface area contributed by atoms with Gasteiger partial charge < -0.3 is 13.7 Å². The highest BCUT2D eigenvalue weighted by Gasteiger charge is 2.21. The molecular formula is C17H16N4O5. The van der Waals surface area contributed by atoms with Crippen LogP contribution in [0.3, 0.4) is 0 Å². The van der Waals surface area contributed by atoms with Crippen LogP contribution in [0.5, 0.6) is 0 Å². The minimum Gasteiger partial charge on any atom is -0.452 e. The zero-order valence-corrected chi connectivity index (χ0v) is 14.2. The molecule has 1 N–H and O–H groups in total. The van der Waals surface area contributed by atoms with Crippen molar-refractivity contribution in [2.24, 2.45) is 0 Å². The molecule has 9 nitrogen and oxygen atoms in total. The number of nitrogens with zero attached hydrogens (tertiary/aromatic N) is 3. The molecule has 0 unspecified atom stereocenters. The molecular weight excluding hydrogens is 340 g/mol. The number of ether oxygens (including phenoxy) is 1. The third kappa shape index (κ3) is 3.77. The van der Waals surface area contributed by atoms with E-state index in [1.54, 1.807) is 19.1 Å². The normalized spacial score (nSPS) is 10.5. The van der Waals surface area contributed by atoms with Crippen molar-refractivity contribution in [3.05, 3.63) is 47.3 Å².